The highest BCUT2D eigenvalue weighted by molar-refractivity contribution is 5.92. The average Bonchev–Trinajstić information content (AvgIpc) is 3.38. The van der Waals surface area contributed by atoms with Crippen molar-refractivity contribution in [1.82, 2.24) is 4.98 Å². The Hall–Kier alpha value is -2.04. The summed E-state index contributed by atoms with van der Waals surface area (Å²) in [6, 6.07) is 5.49. The summed E-state index contributed by atoms with van der Waals surface area (Å²) in [7, 11) is 0. The lowest BCUT2D eigenvalue weighted by molar-refractivity contribution is 0.0697. The second-order valence-corrected chi connectivity index (χ2v) is 6.28. The quantitative estimate of drug-likeness (QED) is 0.883. The number of aromatic carboxylic acids is 1. The first-order valence-corrected chi connectivity index (χ1v) is 7.58. The number of oxazole rings is 1. The van der Waals surface area contributed by atoms with Crippen molar-refractivity contribution in [2.75, 3.05) is 18.0 Å². The number of nitrogens with zero attached hydrogens (tertiary/aromatic N) is 2. The second-order valence-electron chi connectivity index (χ2n) is 6.28. The van der Waals surface area contributed by atoms with Crippen molar-refractivity contribution in [2.45, 2.75) is 25.7 Å². The van der Waals surface area contributed by atoms with Crippen molar-refractivity contribution in [3.8, 4) is 0 Å². The van der Waals surface area contributed by atoms with E-state index in [-0.39, 0.29) is 5.56 Å². The molecule has 21 heavy (non-hydrogen) atoms. The van der Waals surface area contributed by atoms with Gasteiger partial charge in [0.15, 0.2) is 5.58 Å². The molecular weight excluding hydrogens is 268 g/mol. The Kier molecular flexibility index (Phi) is 2.87. The lowest BCUT2D eigenvalue weighted by atomic mass is 10.2. The zero-order valence-electron chi connectivity index (χ0n) is 11.8. The minimum atomic E-state index is -0.942. The predicted octanol–water partition coefficient (Wildman–Crippen LogP) is 3.15. The van der Waals surface area contributed by atoms with Crippen molar-refractivity contribution in [1.29, 1.82) is 0 Å². The van der Waals surface area contributed by atoms with Crippen LogP contribution in [0.4, 0.5) is 6.01 Å². The highest BCUT2D eigenvalue weighted by atomic mass is 16.4. The zero-order valence-corrected chi connectivity index (χ0v) is 11.8. The van der Waals surface area contributed by atoms with E-state index in [9.17, 15) is 4.79 Å². The van der Waals surface area contributed by atoms with E-state index in [0.717, 1.165) is 30.4 Å². The van der Waals surface area contributed by atoms with E-state index in [1.165, 1.54) is 25.7 Å². The number of anilines is 1. The van der Waals surface area contributed by atoms with E-state index in [1.807, 2.05) is 0 Å². The molecule has 0 atom stereocenters. The van der Waals surface area contributed by atoms with Gasteiger partial charge in [0.1, 0.15) is 5.52 Å². The van der Waals surface area contributed by atoms with Gasteiger partial charge in [-0.3, -0.25) is 0 Å². The lowest BCUT2D eigenvalue weighted by Crippen LogP contribution is -2.28. The van der Waals surface area contributed by atoms with E-state index in [4.69, 9.17) is 9.52 Å². The third kappa shape index (κ3) is 2.73. The molecule has 0 spiro atoms. The molecule has 5 nitrogen and oxygen atoms in total. The van der Waals surface area contributed by atoms with Gasteiger partial charge in [-0.15, -0.1) is 0 Å². The van der Waals surface area contributed by atoms with Crippen LogP contribution in [0.25, 0.3) is 11.1 Å². The fraction of sp³-hybridized carbons (Fsp3) is 0.500. The maximum Gasteiger partial charge on any atom is 0.335 e. The highest BCUT2D eigenvalue weighted by Gasteiger charge is 2.31. The predicted molar refractivity (Wildman–Crippen MR) is 78.6 cm³/mol. The molecule has 110 valence electrons. The van der Waals surface area contributed by atoms with Crippen molar-refractivity contribution in [2.24, 2.45) is 11.8 Å². The number of aromatic nitrogens is 1. The van der Waals surface area contributed by atoms with Gasteiger partial charge in [0.2, 0.25) is 0 Å². The van der Waals surface area contributed by atoms with Gasteiger partial charge in [0.05, 0.1) is 5.56 Å². The Morgan fingerprint density at radius 3 is 2.48 bits per heavy atom. The maximum atomic E-state index is 11.0. The molecule has 0 radical (unpaired) electrons. The third-order valence-electron chi connectivity index (χ3n) is 4.25. The van der Waals surface area contributed by atoms with E-state index in [2.05, 4.69) is 9.88 Å². The first kappa shape index (κ1) is 12.7. The molecule has 2 saturated carbocycles. The summed E-state index contributed by atoms with van der Waals surface area (Å²) in [5.74, 6) is 0.601. The molecule has 0 bridgehead atoms. The summed E-state index contributed by atoms with van der Waals surface area (Å²) in [4.78, 5) is 17.8. The van der Waals surface area contributed by atoms with Gasteiger partial charge in [-0.25, -0.2) is 4.79 Å². The molecule has 5 heteroatoms. The van der Waals surface area contributed by atoms with Gasteiger partial charge in [0, 0.05) is 13.1 Å². The van der Waals surface area contributed by atoms with Crippen LogP contribution in [0.2, 0.25) is 0 Å². The van der Waals surface area contributed by atoms with Gasteiger partial charge in [0.25, 0.3) is 6.01 Å². The van der Waals surface area contributed by atoms with Crippen molar-refractivity contribution < 1.29 is 14.3 Å². The van der Waals surface area contributed by atoms with E-state index in [1.54, 1.807) is 18.2 Å². The molecule has 4 rings (SSSR count). The number of hydrogen-bond donors (Lipinski definition) is 1. The minimum absolute atomic E-state index is 0.237. The summed E-state index contributed by atoms with van der Waals surface area (Å²) in [6.07, 6.45) is 5.18. The largest absolute Gasteiger partial charge is 0.478 e. The average molecular weight is 286 g/mol. The van der Waals surface area contributed by atoms with Crippen LogP contribution in [0.1, 0.15) is 36.0 Å². The van der Waals surface area contributed by atoms with Crippen molar-refractivity contribution in [3.63, 3.8) is 0 Å². The van der Waals surface area contributed by atoms with Crippen LogP contribution in [0, 0.1) is 11.8 Å². The number of fused-ring (bicyclic) bond motifs is 1. The molecule has 0 unspecified atom stereocenters. The molecule has 2 aromatic rings. The van der Waals surface area contributed by atoms with Crippen LogP contribution in [-0.4, -0.2) is 29.1 Å². The lowest BCUT2D eigenvalue weighted by Gasteiger charge is -2.19. The van der Waals surface area contributed by atoms with Crippen LogP contribution < -0.4 is 4.90 Å². The number of benzene rings is 1. The summed E-state index contributed by atoms with van der Waals surface area (Å²) >= 11 is 0. The number of carboxylic acids is 1. The number of rotatable bonds is 6. The molecule has 0 aliphatic heterocycles. The Bertz CT molecular complexity index is 672. The van der Waals surface area contributed by atoms with Crippen LogP contribution in [0.3, 0.4) is 0 Å². The molecule has 1 aromatic heterocycles. The second kappa shape index (κ2) is 4.76. The summed E-state index contributed by atoms with van der Waals surface area (Å²) in [6.45, 7) is 2.02. The topological polar surface area (TPSA) is 66.6 Å². The van der Waals surface area contributed by atoms with Crippen LogP contribution >= 0.6 is 0 Å². The minimum Gasteiger partial charge on any atom is -0.478 e. The van der Waals surface area contributed by atoms with E-state index < -0.39 is 5.97 Å². The molecule has 1 heterocycles. The Morgan fingerprint density at radius 2 is 1.90 bits per heavy atom. The monoisotopic (exact) mass is 286 g/mol. The summed E-state index contributed by atoms with van der Waals surface area (Å²) in [5.41, 5.74) is 1.52. The number of carbonyl (C=O) groups is 1. The molecular formula is C16H18N2O3. The Labute approximate surface area is 122 Å². The van der Waals surface area contributed by atoms with E-state index in [0.29, 0.717) is 11.6 Å². The molecule has 1 aromatic carbocycles. The normalized spacial score (nSPS) is 18.1. The van der Waals surface area contributed by atoms with Gasteiger partial charge in [-0.2, -0.15) is 4.98 Å². The molecule has 2 aliphatic carbocycles. The Balaban J connectivity index is 1.64. The summed E-state index contributed by atoms with van der Waals surface area (Å²) < 4.78 is 5.83. The zero-order chi connectivity index (χ0) is 14.4. The van der Waals surface area contributed by atoms with Crippen LogP contribution in [0.5, 0.6) is 0 Å². The standard InChI is InChI=1S/C16H18N2O3/c19-15(20)12-5-6-13-14(7-12)21-16(17-13)18(8-10-1-2-10)9-11-3-4-11/h5-7,10-11H,1-4,8-9H2,(H,19,20). The van der Waals surface area contributed by atoms with Crippen LogP contribution in [0.15, 0.2) is 22.6 Å². The smallest absolute Gasteiger partial charge is 0.335 e. The van der Waals surface area contributed by atoms with Crippen molar-refractivity contribution >= 4 is 23.1 Å². The Morgan fingerprint density at radius 1 is 1.24 bits per heavy atom. The summed E-state index contributed by atoms with van der Waals surface area (Å²) in [5, 5.41) is 9.04. The maximum absolute atomic E-state index is 11.0. The number of hydrogen-bond acceptors (Lipinski definition) is 4. The number of carboxylic acid groups (broad SMARTS) is 1. The first-order chi connectivity index (χ1) is 10.2. The van der Waals surface area contributed by atoms with Gasteiger partial charge >= 0.3 is 5.97 Å². The highest BCUT2D eigenvalue weighted by Crippen LogP contribution is 2.36. The molecule has 0 amide bonds. The molecule has 2 aliphatic rings. The van der Waals surface area contributed by atoms with Gasteiger partial charge in [-0.1, -0.05) is 0 Å². The van der Waals surface area contributed by atoms with Gasteiger partial charge < -0.3 is 14.4 Å². The van der Waals surface area contributed by atoms with Gasteiger partial charge in [-0.05, 0) is 55.7 Å². The SMILES string of the molecule is O=C(O)c1ccc2nc(N(CC3CC3)CC3CC3)oc2c1. The molecule has 2 fully saturated rings. The fourth-order valence-electron chi connectivity index (χ4n) is 2.64. The third-order valence-corrected chi connectivity index (χ3v) is 4.25. The fourth-order valence-corrected chi connectivity index (χ4v) is 2.64. The van der Waals surface area contributed by atoms with Crippen molar-refractivity contribution in [3.05, 3.63) is 23.8 Å². The molecule has 0 saturated heterocycles. The molecule has 1 N–H and O–H groups in total. The first-order valence-electron chi connectivity index (χ1n) is 7.58. The van der Waals surface area contributed by atoms with Crippen LogP contribution in [-0.2, 0) is 0 Å². The van der Waals surface area contributed by atoms with E-state index >= 15 is 0 Å².